The van der Waals surface area contributed by atoms with Crippen molar-refractivity contribution in [1.29, 1.82) is 0 Å². The van der Waals surface area contributed by atoms with Gasteiger partial charge in [0.25, 0.3) is 0 Å². The molecule has 3 rings (SSSR count). The number of nitrogens with zero attached hydrogens (tertiary/aromatic N) is 3. The van der Waals surface area contributed by atoms with Crippen LogP contribution in [0.5, 0.6) is 5.75 Å². The highest BCUT2D eigenvalue weighted by atomic mass is 16.5. The van der Waals surface area contributed by atoms with Gasteiger partial charge < -0.3 is 9.47 Å². The van der Waals surface area contributed by atoms with Crippen molar-refractivity contribution in [1.82, 2.24) is 9.97 Å². The van der Waals surface area contributed by atoms with Gasteiger partial charge in [-0.2, -0.15) is 0 Å². The van der Waals surface area contributed by atoms with E-state index in [1.165, 1.54) is 0 Å². The van der Waals surface area contributed by atoms with E-state index in [-0.39, 0.29) is 0 Å². The summed E-state index contributed by atoms with van der Waals surface area (Å²) in [5, 5.41) is 0. The first-order valence-corrected chi connectivity index (χ1v) is 9.68. The second kappa shape index (κ2) is 10.7. The number of aliphatic imine (C=N–C) groups is 1. The molecule has 0 radical (unpaired) electrons. The second-order valence-corrected chi connectivity index (χ2v) is 6.44. The van der Waals surface area contributed by atoms with Crippen molar-refractivity contribution in [3.05, 3.63) is 96.5 Å². The number of rotatable bonds is 7. The zero-order valence-corrected chi connectivity index (χ0v) is 17.4. The first kappa shape index (κ1) is 21.0. The zero-order chi connectivity index (χ0) is 21.2. The SMILES string of the molecule is C/C=C\C=C(/C(=NC)OCc1ccc(-c2ccc(OC)cn2)cc1)c1ccncc1. The molecule has 5 nitrogen and oxygen atoms in total. The standard InChI is InChI=1S/C25H25N3O2/c1-4-5-6-23(20-13-15-27-16-14-20)25(26-2)30-18-19-7-9-21(10-8-19)24-12-11-22(29-3)17-28-24/h4-17H,18H2,1-3H3/b5-4-,23-6-,26-25?. The average Bonchev–Trinajstić information content (AvgIpc) is 2.82. The summed E-state index contributed by atoms with van der Waals surface area (Å²) in [6.45, 7) is 2.39. The maximum atomic E-state index is 6.06. The first-order valence-electron chi connectivity index (χ1n) is 9.68. The summed E-state index contributed by atoms with van der Waals surface area (Å²) in [6.07, 6.45) is 11.2. The van der Waals surface area contributed by atoms with Crippen LogP contribution < -0.4 is 4.74 Å². The normalized spacial score (nSPS) is 12.2. The van der Waals surface area contributed by atoms with Gasteiger partial charge in [-0.25, -0.2) is 0 Å². The van der Waals surface area contributed by atoms with Crippen molar-refractivity contribution >= 4 is 11.5 Å². The van der Waals surface area contributed by atoms with Crippen LogP contribution in [-0.2, 0) is 11.3 Å². The minimum absolute atomic E-state index is 0.418. The lowest BCUT2D eigenvalue weighted by molar-refractivity contribution is 0.296. The molecular weight excluding hydrogens is 374 g/mol. The molecule has 0 aliphatic rings. The fraction of sp³-hybridized carbons (Fsp3) is 0.160. The van der Waals surface area contributed by atoms with E-state index >= 15 is 0 Å². The molecule has 0 bridgehead atoms. The van der Waals surface area contributed by atoms with E-state index in [1.807, 2.05) is 73.7 Å². The van der Waals surface area contributed by atoms with Crippen LogP contribution in [0, 0.1) is 0 Å². The van der Waals surface area contributed by atoms with Crippen LogP contribution in [-0.4, -0.2) is 30.0 Å². The number of aromatic nitrogens is 2. The molecule has 2 heterocycles. The second-order valence-electron chi connectivity index (χ2n) is 6.44. The molecule has 0 spiro atoms. The van der Waals surface area contributed by atoms with E-state index in [0.29, 0.717) is 12.5 Å². The monoisotopic (exact) mass is 399 g/mol. The van der Waals surface area contributed by atoms with Crippen LogP contribution in [0.3, 0.4) is 0 Å². The summed E-state index contributed by atoms with van der Waals surface area (Å²) in [4.78, 5) is 12.9. The van der Waals surface area contributed by atoms with Crippen LogP contribution in [0.1, 0.15) is 18.1 Å². The predicted octanol–water partition coefficient (Wildman–Crippen LogP) is 5.36. The predicted molar refractivity (Wildman–Crippen MR) is 121 cm³/mol. The van der Waals surface area contributed by atoms with Crippen molar-refractivity contribution in [3.8, 4) is 17.0 Å². The van der Waals surface area contributed by atoms with Gasteiger partial charge in [-0.05, 0) is 48.4 Å². The lowest BCUT2D eigenvalue weighted by Crippen LogP contribution is -2.08. The summed E-state index contributed by atoms with van der Waals surface area (Å²) in [5.41, 5.74) is 4.90. The molecule has 3 aromatic rings. The quantitative estimate of drug-likeness (QED) is 0.305. The minimum atomic E-state index is 0.418. The fourth-order valence-corrected chi connectivity index (χ4v) is 2.87. The molecule has 1 aromatic carbocycles. The third-order valence-corrected chi connectivity index (χ3v) is 4.48. The number of ether oxygens (including phenoxy) is 2. The molecule has 5 heteroatoms. The Balaban J connectivity index is 1.72. The molecule has 2 aromatic heterocycles. The molecule has 0 saturated heterocycles. The third-order valence-electron chi connectivity index (χ3n) is 4.48. The van der Waals surface area contributed by atoms with E-state index in [1.54, 1.807) is 32.7 Å². The minimum Gasteiger partial charge on any atom is -0.495 e. The molecule has 0 N–H and O–H groups in total. The van der Waals surface area contributed by atoms with Crippen LogP contribution >= 0.6 is 0 Å². The van der Waals surface area contributed by atoms with Gasteiger partial charge in [0.2, 0.25) is 5.90 Å². The number of allylic oxidation sites excluding steroid dienone is 3. The number of pyridine rings is 2. The van der Waals surface area contributed by atoms with Crippen molar-refractivity contribution in [3.63, 3.8) is 0 Å². The molecule has 152 valence electrons. The first-order chi connectivity index (χ1) is 14.7. The van der Waals surface area contributed by atoms with Crippen LogP contribution in [0.25, 0.3) is 16.8 Å². The summed E-state index contributed by atoms with van der Waals surface area (Å²) >= 11 is 0. The Morgan fingerprint density at radius 3 is 2.40 bits per heavy atom. The Morgan fingerprint density at radius 1 is 1.03 bits per heavy atom. The van der Waals surface area contributed by atoms with E-state index < -0.39 is 0 Å². The number of methoxy groups -OCH3 is 1. The summed E-state index contributed by atoms with van der Waals surface area (Å²) in [7, 11) is 3.37. The van der Waals surface area contributed by atoms with Crippen molar-refractivity contribution in [2.24, 2.45) is 4.99 Å². The van der Waals surface area contributed by atoms with Gasteiger partial charge in [0.15, 0.2) is 0 Å². The van der Waals surface area contributed by atoms with Crippen LogP contribution in [0.4, 0.5) is 0 Å². The van der Waals surface area contributed by atoms with Gasteiger partial charge in [0.05, 0.1) is 19.0 Å². The van der Waals surface area contributed by atoms with Crippen molar-refractivity contribution in [2.45, 2.75) is 13.5 Å². The molecule has 0 amide bonds. The Hall–Kier alpha value is -3.73. The van der Waals surface area contributed by atoms with Crippen LogP contribution in [0.2, 0.25) is 0 Å². The highest BCUT2D eigenvalue weighted by Gasteiger charge is 2.11. The van der Waals surface area contributed by atoms with Crippen LogP contribution in [0.15, 0.2) is 90.3 Å². The maximum absolute atomic E-state index is 6.06. The van der Waals surface area contributed by atoms with E-state index in [4.69, 9.17) is 9.47 Å². The van der Waals surface area contributed by atoms with E-state index in [2.05, 4.69) is 15.0 Å². The van der Waals surface area contributed by atoms with E-state index in [9.17, 15) is 0 Å². The lowest BCUT2D eigenvalue weighted by atomic mass is 10.1. The fourth-order valence-electron chi connectivity index (χ4n) is 2.87. The molecule has 0 aliphatic carbocycles. The van der Waals surface area contributed by atoms with Crippen molar-refractivity contribution in [2.75, 3.05) is 14.2 Å². The largest absolute Gasteiger partial charge is 0.495 e. The molecule has 0 aliphatic heterocycles. The van der Waals surface area contributed by atoms with E-state index in [0.717, 1.165) is 33.7 Å². The topological polar surface area (TPSA) is 56.6 Å². The smallest absolute Gasteiger partial charge is 0.216 e. The Labute approximate surface area is 177 Å². The third kappa shape index (κ3) is 5.41. The number of hydrogen-bond donors (Lipinski definition) is 0. The molecule has 0 fully saturated rings. The Kier molecular flexibility index (Phi) is 7.50. The number of hydrogen-bond acceptors (Lipinski definition) is 5. The van der Waals surface area contributed by atoms with Gasteiger partial charge in [0.1, 0.15) is 12.4 Å². The Bertz CT molecular complexity index is 1020. The highest BCUT2D eigenvalue weighted by molar-refractivity contribution is 6.19. The van der Waals surface area contributed by atoms with Gasteiger partial charge in [-0.1, -0.05) is 36.4 Å². The van der Waals surface area contributed by atoms with Gasteiger partial charge in [-0.3, -0.25) is 15.0 Å². The average molecular weight is 399 g/mol. The van der Waals surface area contributed by atoms with Crippen molar-refractivity contribution < 1.29 is 9.47 Å². The molecular formula is C25H25N3O2. The summed E-state index contributed by atoms with van der Waals surface area (Å²) in [6, 6.07) is 15.9. The van der Waals surface area contributed by atoms with Gasteiger partial charge >= 0.3 is 0 Å². The molecule has 0 atom stereocenters. The highest BCUT2D eigenvalue weighted by Crippen LogP contribution is 2.21. The maximum Gasteiger partial charge on any atom is 0.216 e. The number of benzene rings is 1. The Morgan fingerprint density at radius 2 is 1.80 bits per heavy atom. The van der Waals surface area contributed by atoms with Gasteiger partial charge in [0, 0.05) is 30.6 Å². The molecule has 30 heavy (non-hydrogen) atoms. The molecule has 0 saturated carbocycles. The summed E-state index contributed by atoms with van der Waals surface area (Å²) < 4.78 is 11.2. The lowest BCUT2D eigenvalue weighted by Gasteiger charge is -2.13. The molecule has 0 unspecified atom stereocenters. The summed E-state index contributed by atoms with van der Waals surface area (Å²) in [5.74, 6) is 1.33. The zero-order valence-electron chi connectivity index (χ0n) is 17.4. The van der Waals surface area contributed by atoms with Gasteiger partial charge in [-0.15, -0.1) is 0 Å².